The Morgan fingerprint density at radius 1 is 1.61 bits per heavy atom. The fourth-order valence-corrected chi connectivity index (χ4v) is 1.86. The van der Waals surface area contributed by atoms with Gasteiger partial charge in [-0.3, -0.25) is 4.79 Å². The minimum atomic E-state index is -0.814. The highest BCUT2D eigenvalue weighted by Gasteiger charge is 2.13. The Labute approximate surface area is 105 Å². The van der Waals surface area contributed by atoms with Crippen LogP contribution in [0.1, 0.15) is 25.5 Å². The maximum atomic E-state index is 10.7. The second kappa shape index (κ2) is 5.03. The summed E-state index contributed by atoms with van der Waals surface area (Å²) in [5, 5.41) is 16.3. The highest BCUT2D eigenvalue weighted by Crippen LogP contribution is 2.17. The average molecular weight is 248 g/mol. The molecule has 0 saturated carbocycles. The van der Waals surface area contributed by atoms with Crippen molar-refractivity contribution in [2.75, 3.05) is 5.32 Å². The molecule has 0 aliphatic rings. The monoisotopic (exact) mass is 248 g/mol. The van der Waals surface area contributed by atoms with Gasteiger partial charge in [0.2, 0.25) is 0 Å². The van der Waals surface area contributed by atoms with E-state index in [4.69, 9.17) is 5.11 Å². The van der Waals surface area contributed by atoms with Crippen LogP contribution in [0.15, 0.2) is 18.5 Å². The lowest BCUT2D eigenvalue weighted by Gasteiger charge is -2.15. The van der Waals surface area contributed by atoms with Crippen molar-refractivity contribution in [3.05, 3.63) is 24.2 Å². The number of aryl methyl sites for hydroxylation is 1. The number of fused-ring (bicyclic) bond motifs is 1. The van der Waals surface area contributed by atoms with Crippen LogP contribution in [0.4, 0.5) is 5.82 Å². The Bertz CT molecular complexity index is 564. The van der Waals surface area contributed by atoms with E-state index in [0.29, 0.717) is 5.82 Å². The number of aromatic nitrogens is 3. The Balaban J connectivity index is 2.27. The molecular weight excluding hydrogens is 232 g/mol. The number of hydrogen-bond acceptors (Lipinski definition) is 4. The highest BCUT2D eigenvalue weighted by molar-refractivity contribution is 5.71. The van der Waals surface area contributed by atoms with Gasteiger partial charge >= 0.3 is 5.97 Å². The third-order valence-corrected chi connectivity index (χ3v) is 2.77. The van der Waals surface area contributed by atoms with E-state index in [1.807, 2.05) is 19.9 Å². The van der Waals surface area contributed by atoms with Gasteiger partial charge in [0.15, 0.2) is 5.82 Å². The van der Waals surface area contributed by atoms with Crippen LogP contribution in [-0.2, 0) is 4.79 Å². The number of hydrogen-bond donors (Lipinski definition) is 2. The lowest BCUT2D eigenvalue weighted by molar-refractivity contribution is -0.137. The molecular formula is C12H16N4O2. The zero-order valence-corrected chi connectivity index (χ0v) is 10.4. The molecule has 0 spiro atoms. The van der Waals surface area contributed by atoms with Crippen molar-refractivity contribution in [3.8, 4) is 0 Å². The fourth-order valence-electron chi connectivity index (χ4n) is 1.86. The van der Waals surface area contributed by atoms with Crippen LogP contribution >= 0.6 is 0 Å². The standard InChI is InChI=1S/C12H16N4O2/c1-3-9(7-11(17)18)14-12-10-6-8(2)15-16(10)5-4-13-12/h4-6,9H,3,7H2,1-2H3,(H,13,14)(H,17,18). The van der Waals surface area contributed by atoms with E-state index in [2.05, 4.69) is 15.4 Å². The van der Waals surface area contributed by atoms with E-state index in [1.165, 1.54) is 0 Å². The molecule has 6 heteroatoms. The van der Waals surface area contributed by atoms with Crippen molar-refractivity contribution >= 4 is 17.3 Å². The highest BCUT2D eigenvalue weighted by atomic mass is 16.4. The van der Waals surface area contributed by atoms with Crippen molar-refractivity contribution in [3.63, 3.8) is 0 Å². The predicted octanol–water partition coefficient (Wildman–Crippen LogP) is 1.70. The molecule has 0 aliphatic carbocycles. The van der Waals surface area contributed by atoms with Gasteiger partial charge in [0, 0.05) is 18.4 Å². The Morgan fingerprint density at radius 2 is 2.39 bits per heavy atom. The van der Waals surface area contributed by atoms with E-state index in [-0.39, 0.29) is 12.5 Å². The predicted molar refractivity (Wildman–Crippen MR) is 67.7 cm³/mol. The summed E-state index contributed by atoms with van der Waals surface area (Å²) in [5.41, 5.74) is 1.76. The molecule has 96 valence electrons. The Hall–Kier alpha value is -2.11. The van der Waals surface area contributed by atoms with E-state index >= 15 is 0 Å². The first kappa shape index (κ1) is 12.3. The van der Waals surface area contributed by atoms with Gasteiger partial charge in [0.25, 0.3) is 0 Å². The topological polar surface area (TPSA) is 79.5 Å². The number of rotatable bonds is 5. The SMILES string of the molecule is CCC(CC(=O)O)Nc1nccn2nc(C)cc12. The molecule has 2 heterocycles. The Kier molecular flexibility index (Phi) is 3.45. The van der Waals surface area contributed by atoms with E-state index in [0.717, 1.165) is 17.6 Å². The van der Waals surface area contributed by atoms with Gasteiger partial charge in [-0.2, -0.15) is 5.10 Å². The molecule has 2 rings (SSSR count). The molecule has 0 amide bonds. The van der Waals surface area contributed by atoms with E-state index in [9.17, 15) is 4.79 Å². The Morgan fingerprint density at radius 3 is 3.06 bits per heavy atom. The smallest absolute Gasteiger partial charge is 0.305 e. The molecule has 2 N–H and O–H groups in total. The van der Waals surface area contributed by atoms with Crippen LogP contribution in [0.25, 0.3) is 5.52 Å². The minimum Gasteiger partial charge on any atom is -0.481 e. The second-order valence-electron chi connectivity index (χ2n) is 4.24. The van der Waals surface area contributed by atoms with Crippen LogP contribution in [0, 0.1) is 6.92 Å². The van der Waals surface area contributed by atoms with Crippen molar-refractivity contribution in [2.45, 2.75) is 32.7 Å². The average Bonchev–Trinajstić information content (AvgIpc) is 2.69. The third kappa shape index (κ3) is 2.58. The molecule has 6 nitrogen and oxygen atoms in total. The number of nitrogens with one attached hydrogen (secondary N) is 1. The van der Waals surface area contributed by atoms with Gasteiger partial charge in [-0.1, -0.05) is 6.92 Å². The van der Waals surface area contributed by atoms with Crippen LogP contribution < -0.4 is 5.32 Å². The summed E-state index contributed by atoms with van der Waals surface area (Å²) in [6, 6.07) is 1.79. The van der Waals surface area contributed by atoms with Crippen molar-refractivity contribution in [1.29, 1.82) is 0 Å². The van der Waals surface area contributed by atoms with Crippen LogP contribution in [0.5, 0.6) is 0 Å². The van der Waals surface area contributed by atoms with E-state index < -0.39 is 5.97 Å². The van der Waals surface area contributed by atoms with Gasteiger partial charge < -0.3 is 10.4 Å². The van der Waals surface area contributed by atoms with Gasteiger partial charge in [-0.05, 0) is 19.4 Å². The summed E-state index contributed by atoms with van der Waals surface area (Å²) in [6.45, 7) is 3.85. The number of carbonyl (C=O) groups is 1. The molecule has 18 heavy (non-hydrogen) atoms. The maximum Gasteiger partial charge on any atom is 0.305 e. The summed E-state index contributed by atoms with van der Waals surface area (Å²) in [7, 11) is 0. The fraction of sp³-hybridized carbons (Fsp3) is 0.417. The quantitative estimate of drug-likeness (QED) is 0.842. The van der Waals surface area contributed by atoms with Gasteiger partial charge in [0.05, 0.1) is 12.1 Å². The summed E-state index contributed by atoms with van der Waals surface area (Å²) in [6.07, 6.45) is 4.22. The maximum absolute atomic E-state index is 10.7. The number of carboxylic acids is 1. The van der Waals surface area contributed by atoms with Crippen LogP contribution in [-0.4, -0.2) is 31.7 Å². The normalized spacial score (nSPS) is 12.6. The molecule has 2 aromatic rings. The zero-order valence-electron chi connectivity index (χ0n) is 10.4. The number of nitrogens with zero attached hydrogens (tertiary/aromatic N) is 3. The molecule has 0 aliphatic heterocycles. The molecule has 0 bridgehead atoms. The number of carboxylic acid groups (broad SMARTS) is 1. The molecule has 1 unspecified atom stereocenters. The van der Waals surface area contributed by atoms with Crippen LogP contribution in [0.2, 0.25) is 0 Å². The first-order valence-corrected chi connectivity index (χ1v) is 5.89. The first-order chi connectivity index (χ1) is 8.60. The van der Waals surface area contributed by atoms with Gasteiger partial charge in [0.1, 0.15) is 5.52 Å². The lowest BCUT2D eigenvalue weighted by atomic mass is 10.1. The summed E-state index contributed by atoms with van der Waals surface area (Å²) < 4.78 is 1.73. The van der Waals surface area contributed by atoms with Crippen molar-refractivity contribution in [1.82, 2.24) is 14.6 Å². The first-order valence-electron chi connectivity index (χ1n) is 5.89. The molecule has 0 aromatic carbocycles. The largest absolute Gasteiger partial charge is 0.481 e. The molecule has 1 atom stereocenters. The summed E-state index contributed by atoms with van der Waals surface area (Å²) in [5.74, 6) is -0.141. The van der Waals surface area contributed by atoms with Crippen molar-refractivity contribution in [2.24, 2.45) is 0 Å². The van der Waals surface area contributed by atoms with Gasteiger partial charge in [-0.15, -0.1) is 0 Å². The molecule has 0 radical (unpaired) electrons. The zero-order chi connectivity index (χ0) is 13.1. The summed E-state index contributed by atoms with van der Waals surface area (Å²) >= 11 is 0. The van der Waals surface area contributed by atoms with Crippen molar-refractivity contribution < 1.29 is 9.90 Å². The minimum absolute atomic E-state index is 0.0757. The third-order valence-electron chi connectivity index (χ3n) is 2.77. The number of anilines is 1. The molecule has 2 aromatic heterocycles. The summed E-state index contributed by atoms with van der Waals surface area (Å²) in [4.78, 5) is 15.0. The van der Waals surface area contributed by atoms with Crippen LogP contribution in [0.3, 0.4) is 0 Å². The molecule has 0 saturated heterocycles. The van der Waals surface area contributed by atoms with Gasteiger partial charge in [-0.25, -0.2) is 9.50 Å². The molecule has 0 fully saturated rings. The lowest BCUT2D eigenvalue weighted by Crippen LogP contribution is -2.23. The number of aliphatic carboxylic acids is 1. The van der Waals surface area contributed by atoms with E-state index in [1.54, 1.807) is 16.9 Å². The second-order valence-corrected chi connectivity index (χ2v) is 4.24.